The molecule has 0 saturated heterocycles. The number of hydrogen-bond donors (Lipinski definition) is 0. The lowest BCUT2D eigenvalue weighted by atomic mass is 9.82. The van der Waals surface area contributed by atoms with E-state index in [1.165, 1.54) is 70.6 Å². The average Bonchev–Trinajstić information content (AvgIpc) is 2.92. The van der Waals surface area contributed by atoms with Gasteiger partial charge in [-0.2, -0.15) is 0 Å². The lowest BCUT2D eigenvalue weighted by Crippen LogP contribution is -2.13. The van der Waals surface area contributed by atoms with E-state index in [4.69, 9.17) is 0 Å². The summed E-state index contributed by atoms with van der Waals surface area (Å²) < 4.78 is 0. The summed E-state index contributed by atoms with van der Waals surface area (Å²) in [4.78, 5) is 0. The first-order valence-electron chi connectivity index (χ1n) is 9.86. The lowest BCUT2D eigenvalue weighted by Gasteiger charge is -2.24. The van der Waals surface area contributed by atoms with Crippen LogP contribution in [-0.4, -0.2) is 0 Å². The van der Waals surface area contributed by atoms with Crippen molar-refractivity contribution in [3.05, 3.63) is 12.2 Å². The van der Waals surface area contributed by atoms with Gasteiger partial charge in [-0.3, -0.25) is 0 Å². The molecule has 0 aromatic heterocycles. The van der Waals surface area contributed by atoms with E-state index in [9.17, 15) is 0 Å². The second-order valence-corrected chi connectivity index (χ2v) is 7.55. The van der Waals surface area contributed by atoms with Gasteiger partial charge in [-0.25, -0.2) is 0 Å². The summed E-state index contributed by atoms with van der Waals surface area (Å²) in [6.07, 6.45) is 20.5. The van der Waals surface area contributed by atoms with Crippen molar-refractivity contribution in [3.8, 4) is 0 Å². The van der Waals surface area contributed by atoms with Crippen LogP contribution in [0, 0.1) is 23.7 Å². The highest BCUT2D eigenvalue weighted by Crippen LogP contribution is 2.40. The minimum absolute atomic E-state index is 0.858. The highest BCUT2D eigenvalue weighted by Gasteiger charge is 2.27. The fraction of sp³-hybridized carbons (Fsp3) is 0.905. The van der Waals surface area contributed by atoms with E-state index < -0.39 is 0 Å². The quantitative estimate of drug-likeness (QED) is 0.348. The Balaban J connectivity index is 2.25. The van der Waals surface area contributed by atoms with Gasteiger partial charge in [0.2, 0.25) is 0 Å². The van der Waals surface area contributed by atoms with Crippen molar-refractivity contribution in [3.63, 3.8) is 0 Å². The Morgan fingerprint density at radius 1 is 1.00 bits per heavy atom. The molecule has 0 amide bonds. The molecule has 1 saturated carbocycles. The monoisotopic (exact) mass is 292 g/mol. The van der Waals surface area contributed by atoms with Gasteiger partial charge in [-0.05, 0) is 49.4 Å². The van der Waals surface area contributed by atoms with Crippen LogP contribution < -0.4 is 0 Å². The predicted molar refractivity (Wildman–Crippen MR) is 96.6 cm³/mol. The van der Waals surface area contributed by atoms with Gasteiger partial charge in [-0.1, -0.05) is 84.8 Å². The van der Waals surface area contributed by atoms with Gasteiger partial charge in [0.1, 0.15) is 0 Å². The minimum atomic E-state index is 0.858. The Kier molecular flexibility index (Phi) is 10.1. The predicted octanol–water partition coefficient (Wildman–Crippen LogP) is 7.39. The minimum Gasteiger partial charge on any atom is -0.0885 e. The third-order valence-corrected chi connectivity index (χ3v) is 5.83. The first-order valence-corrected chi connectivity index (χ1v) is 9.86. The second-order valence-electron chi connectivity index (χ2n) is 7.55. The van der Waals surface area contributed by atoms with Crippen molar-refractivity contribution in [2.75, 3.05) is 0 Å². The molecule has 3 unspecified atom stereocenters. The van der Waals surface area contributed by atoms with E-state index in [0.717, 1.165) is 23.7 Å². The van der Waals surface area contributed by atoms with E-state index in [1.54, 1.807) is 0 Å². The molecule has 0 heterocycles. The average molecular weight is 293 g/mol. The maximum absolute atomic E-state index is 2.45. The van der Waals surface area contributed by atoms with Gasteiger partial charge in [0, 0.05) is 0 Å². The summed E-state index contributed by atoms with van der Waals surface area (Å²) in [6.45, 7) is 9.40. The maximum atomic E-state index is 2.45. The molecule has 1 fully saturated rings. The van der Waals surface area contributed by atoms with Gasteiger partial charge >= 0.3 is 0 Å². The van der Waals surface area contributed by atoms with E-state index in [0.29, 0.717) is 0 Å². The topological polar surface area (TPSA) is 0 Å². The van der Waals surface area contributed by atoms with Crippen LogP contribution in [0.2, 0.25) is 0 Å². The fourth-order valence-corrected chi connectivity index (χ4v) is 4.04. The first kappa shape index (κ1) is 18.8. The van der Waals surface area contributed by atoms with E-state index in [1.807, 2.05) is 0 Å². The molecule has 0 heteroatoms. The van der Waals surface area contributed by atoms with Gasteiger partial charge < -0.3 is 0 Å². The fourth-order valence-electron chi connectivity index (χ4n) is 4.04. The molecule has 0 spiro atoms. The molecular formula is C21H40. The zero-order valence-corrected chi connectivity index (χ0v) is 15.2. The molecule has 21 heavy (non-hydrogen) atoms. The van der Waals surface area contributed by atoms with Gasteiger partial charge in [-0.15, -0.1) is 0 Å². The van der Waals surface area contributed by atoms with Crippen LogP contribution in [0.25, 0.3) is 0 Å². The highest BCUT2D eigenvalue weighted by atomic mass is 14.3. The number of hydrogen-bond acceptors (Lipinski definition) is 0. The van der Waals surface area contributed by atoms with Crippen LogP contribution in [0.3, 0.4) is 0 Å². The molecule has 1 rings (SSSR count). The van der Waals surface area contributed by atoms with Crippen LogP contribution in [-0.2, 0) is 0 Å². The molecule has 0 N–H and O–H groups in total. The Labute approximate surface area is 134 Å². The van der Waals surface area contributed by atoms with Crippen LogP contribution >= 0.6 is 0 Å². The third kappa shape index (κ3) is 7.52. The Morgan fingerprint density at radius 3 is 2.43 bits per heavy atom. The summed E-state index contributed by atoms with van der Waals surface area (Å²) in [5, 5.41) is 0. The Hall–Kier alpha value is -0.260. The lowest BCUT2D eigenvalue weighted by molar-refractivity contribution is 0.275. The molecule has 0 aromatic rings. The molecule has 1 aliphatic rings. The SMILES string of the molecule is CCCC1CCCC1C[C@H](CC)CC/C=C/CC(C)CC. The van der Waals surface area contributed by atoms with E-state index in [2.05, 4.69) is 39.8 Å². The molecule has 0 nitrogen and oxygen atoms in total. The normalized spacial score (nSPS) is 25.5. The molecule has 0 aromatic carbocycles. The summed E-state index contributed by atoms with van der Waals surface area (Å²) in [7, 11) is 0. The summed E-state index contributed by atoms with van der Waals surface area (Å²) >= 11 is 0. The smallest absolute Gasteiger partial charge is 0.0325 e. The van der Waals surface area contributed by atoms with Crippen molar-refractivity contribution in [2.24, 2.45) is 23.7 Å². The van der Waals surface area contributed by atoms with Gasteiger partial charge in [0.25, 0.3) is 0 Å². The van der Waals surface area contributed by atoms with Crippen molar-refractivity contribution >= 4 is 0 Å². The first-order chi connectivity index (χ1) is 10.2. The largest absolute Gasteiger partial charge is 0.0885 e. The van der Waals surface area contributed by atoms with Crippen LogP contribution in [0.1, 0.15) is 98.3 Å². The molecule has 124 valence electrons. The molecule has 0 bridgehead atoms. The number of rotatable bonds is 11. The third-order valence-electron chi connectivity index (χ3n) is 5.83. The standard InChI is InChI=1S/C21H40/c1-5-12-20-15-11-16-21(20)17-19(7-3)14-10-8-9-13-18(4)6-2/h8-9,18-21H,5-7,10-17H2,1-4H3/b9-8+/t18?,19-,20?,21?/m1/s1. The molecule has 0 aliphatic heterocycles. The zero-order valence-electron chi connectivity index (χ0n) is 15.2. The molecule has 0 radical (unpaired) electrons. The molecule has 4 atom stereocenters. The Bertz CT molecular complexity index is 265. The zero-order chi connectivity index (χ0) is 15.5. The van der Waals surface area contributed by atoms with Crippen LogP contribution in [0.4, 0.5) is 0 Å². The van der Waals surface area contributed by atoms with Crippen molar-refractivity contribution < 1.29 is 0 Å². The summed E-state index contributed by atoms with van der Waals surface area (Å²) in [5.74, 6) is 3.95. The van der Waals surface area contributed by atoms with E-state index >= 15 is 0 Å². The number of allylic oxidation sites excluding steroid dienone is 2. The van der Waals surface area contributed by atoms with Crippen molar-refractivity contribution in [2.45, 2.75) is 98.3 Å². The van der Waals surface area contributed by atoms with Gasteiger partial charge in [0.15, 0.2) is 0 Å². The maximum Gasteiger partial charge on any atom is -0.0325 e. The van der Waals surface area contributed by atoms with Crippen molar-refractivity contribution in [1.29, 1.82) is 0 Å². The molecule has 1 aliphatic carbocycles. The van der Waals surface area contributed by atoms with Crippen LogP contribution in [0.15, 0.2) is 12.2 Å². The van der Waals surface area contributed by atoms with Crippen LogP contribution in [0.5, 0.6) is 0 Å². The highest BCUT2D eigenvalue weighted by molar-refractivity contribution is 4.85. The second kappa shape index (κ2) is 11.3. The molecular weight excluding hydrogens is 252 g/mol. The Morgan fingerprint density at radius 2 is 1.76 bits per heavy atom. The van der Waals surface area contributed by atoms with Gasteiger partial charge in [0.05, 0.1) is 0 Å². The summed E-state index contributed by atoms with van der Waals surface area (Å²) in [6, 6.07) is 0. The van der Waals surface area contributed by atoms with Crippen molar-refractivity contribution in [1.82, 2.24) is 0 Å². The summed E-state index contributed by atoms with van der Waals surface area (Å²) in [5.41, 5.74) is 0. The van der Waals surface area contributed by atoms with E-state index in [-0.39, 0.29) is 0 Å².